The van der Waals surface area contributed by atoms with Crippen LogP contribution in [0.2, 0.25) is 0 Å². The SMILES string of the molecule is COCC1(CC(C)NC(C)C)C=C(C2CCCCC2)c2c(C3CCCCC3)cccc21. The Labute approximate surface area is 191 Å². The van der Waals surface area contributed by atoms with Crippen LogP contribution in [0, 0.1) is 5.92 Å². The third-order valence-electron chi connectivity index (χ3n) is 8.13. The molecule has 4 rings (SSSR count). The van der Waals surface area contributed by atoms with Gasteiger partial charge >= 0.3 is 0 Å². The van der Waals surface area contributed by atoms with Gasteiger partial charge in [-0.15, -0.1) is 0 Å². The van der Waals surface area contributed by atoms with Crippen LogP contribution in [0.5, 0.6) is 0 Å². The molecule has 172 valence electrons. The van der Waals surface area contributed by atoms with Crippen molar-refractivity contribution in [1.29, 1.82) is 0 Å². The first-order chi connectivity index (χ1) is 15.0. The van der Waals surface area contributed by atoms with Crippen LogP contribution in [-0.4, -0.2) is 25.8 Å². The minimum Gasteiger partial charge on any atom is -0.383 e. The molecule has 2 heteroatoms. The van der Waals surface area contributed by atoms with Gasteiger partial charge in [-0.3, -0.25) is 0 Å². The van der Waals surface area contributed by atoms with E-state index in [4.69, 9.17) is 4.74 Å². The van der Waals surface area contributed by atoms with Crippen molar-refractivity contribution >= 4 is 5.57 Å². The van der Waals surface area contributed by atoms with Gasteiger partial charge in [0, 0.05) is 24.6 Å². The summed E-state index contributed by atoms with van der Waals surface area (Å²) in [6, 6.07) is 8.24. The van der Waals surface area contributed by atoms with E-state index in [0.29, 0.717) is 12.1 Å². The van der Waals surface area contributed by atoms with Crippen LogP contribution in [-0.2, 0) is 10.2 Å². The van der Waals surface area contributed by atoms with Crippen LogP contribution >= 0.6 is 0 Å². The first kappa shape index (κ1) is 23.1. The van der Waals surface area contributed by atoms with Gasteiger partial charge in [-0.1, -0.05) is 76.6 Å². The maximum absolute atomic E-state index is 5.94. The summed E-state index contributed by atoms with van der Waals surface area (Å²) in [4.78, 5) is 0. The van der Waals surface area contributed by atoms with Crippen LogP contribution in [0.1, 0.15) is 114 Å². The van der Waals surface area contributed by atoms with Crippen LogP contribution in [0.15, 0.2) is 24.3 Å². The number of rotatable bonds is 8. The first-order valence-electron chi connectivity index (χ1n) is 13.2. The van der Waals surface area contributed by atoms with Crippen molar-refractivity contribution < 1.29 is 4.74 Å². The molecule has 2 unspecified atom stereocenters. The fourth-order valence-electron chi connectivity index (χ4n) is 7.02. The van der Waals surface area contributed by atoms with Crippen LogP contribution in [0.25, 0.3) is 5.57 Å². The lowest BCUT2D eigenvalue weighted by molar-refractivity contribution is 0.141. The zero-order valence-corrected chi connectivity index (χ0v) is 20.5. The monoisotopic (exact) mass is 423 g/mol. The average Bonchev–Trinajstić information content (AvgIpc) is 3.09. The molecule has 2 nitrogen and oxygen atoms in total. The largest absolute Gasteiger partial charge is 0.383 e. The molecule has 2 atom stereocenters. The molecule has 1 aromatic rings. The van der Waals surface area contributed by atoms with E-state index in [1.165, 1.54) is 64.2 Å². The molecule has 2 saturated carbocycles. The topological polar surface area (TPSA) is 21.3 Å². The Hall–Kier alpha value is -1.12. The molecule has 0 aliphatic heterocycles. The van der Waals surface area contributed by atoms with Crippen molar-refractivity contribution in [2.45, 2.75) is 115 Å². The van der Waals surface area contributed by atoms with Gasteiger partial charge < -0.3 is 10.1 Å². The number of hydrogen-bond donors (Lipinski definition) is 1. The van der Waals surface area contributed by atoms with E-state index in [0.717, 1.165) is 24.9 Å². The lowest BCUT2D eigenvalue weighted by Gasteiger charge is -2.33. The van der Waals surface area contributed by atoms with Gasteiger partial charge in [-0.2, -0.15) is 0 Å². The molecule has 0 saturated heterocycles. The summed E-state index contributed by atoms with van der Waals surface area (Å²) in [5, 5.41) is 3.77. The van der Waals surface area contributed by atoms with Crippen LogP contribution in [0.3, 0.4) is 0 Å². The molecule has 2 fully saturated rings. The molecule has 1 aromatic carbocycles. The Morgan fingerprint density at radius 2 is 1.58 bits per heavy atom. The number of methoxy groups -OCH3 is 1. The van der Waals surface area contributed by atoms with Gasteiger partial charge in [0.25, 0.3) is 0 Å². The summed E-state index contributed by atoms with van der Waals surface area (Å²) in [5.41, 5.74) is 6.56. The smallest absolute Gasteiger partial charge is 0.0595 e. The van der Waals surface area contributed by atoms with Gasteiger partial charge in [0.05, 0.1) is 6.61 Å². The van der Waals surface area contributed by atoms with E-state index in [9.17, 15) is 0 Å². The minimum atomic E-state index is 0.00282. The van der Waals surface area contributed by atoms with Gasteiger partial charge in [-0.05, 0) is 73.1 Å². The molecule has 3 aliphatic carbocycles. The maximum Gasteiger partial charge on any atom is 0.0595 e. The summed E-state index contributed by atoms with van der Waals surface area (Å²) < 4.78 is 5.94. The van der Waals surface area contributed by atoms with Crippen molar-refractivity contribution in [2.75, 3.05) is 13.7 Å². The molecule has 0 aromatic heterocycles. The van der Waals surface area contributed by atoms with Gasteiger partial charge in [0.2, 0.25) is 0 Å². The highest BCUT2D eigenvalue weighted by Crippen LogP contribution is 2.52. The first-order valence-corrected chi connectivity index (χ1v) is 13.2. The molecular formula is C29H45NO. The minimum absolute atomic E-state index is 0.00282. The predicted octanol–water partition coefficient (Wildman–Crippen LogP) is 7.37. The van der Waals surface area contributed by atoms with Crippen LogP contribution in [0.4, 0.5) is 0 Å². The van der Waals surface area contributed by atoms with Crippen LogP contribution < -0.4 is 5.32 Å². The second-order valence-corrected chi connectivity index (χ2v) is 11.1. The molecule has 0 spiro atoms. The quantitative estimate of drug-likeness (QED) is 0.471. The average molecular weight is 424 g/mol. The summed E-state index contributed by atoms with van der Waals surface area (Å²) >= 11 is 0. The number of nitrogens with one attached hydrogen (secondary N) is 1. The second-order valence-electron chi connectivity index (χ2n) is 11.1. The standard InChI is InChI=1S/C29H45NO/c1-21(2)30-22(3)18-29(20-31-4)19-26(24-14-9-6-10-15-24)28-25(16-11-17-27(28)29)23-12-7-5-8-13-23/h11,16-17,19,21-24,30H,5-10,12-15,18,20H2,1-4H3. The Morgan fingerprint density at radius 1 is 0.935 bits per heavy atom. The van der Waals surface area contributed by atoms with E-state index in [1.54, 1.807) is 22.3 Å². The molecule has 0 heterocycles. The van der Waals surface area contributed by atoms with Gasteiger partial charge in [0.15, 0.2) is 0 Å². The third-order valence-corrected chi connectivity index (χ3v) is 8.13. The lowest BCUT2D eigenvalue weighted by Crippen LogP contribution is -2.40. The fourth-order valence-corrected chi connectivity index (χ4v) is 7.02. The van der Waals surface area contributed by atoms with Gasteiger partial charge in [-0.25, -0.2) is 0 Å². The lowest BCUT2D eigenvalue weighted by atomic mass is 9.74. The van der Waals surface area contributed by atoms with Crippen molar-refractivity contribution in [3.8, 4) is 0 Å². The van der Waals surface area contributed by atoms with E-state index in [2.05, 4.69) is 50.4 Å². The highest BCUT2D eigenvalue weighted by molar-refractivity contribution is 5.81. The fraction of sp³-hybridized carbons (Fsp3) is 0.724. The zero-order valence-electron chi connectivity index (χ0n) is 20.5. The predicted molar refractivity (Wildman–Crippen MR) is 133 cm³/mol. The number of fused-ring (bicyclic) bond motifs is 1. The van der Waals surface area contributed by atoms with E-state index in [-0.39, 0.29) is 5.41 Å². The molecule has 0 bridgehead atoms. The van der Waals surface area contributed by atoms with Crippen molar-refractivity contribution in [1.82, 2.24) is 5.32 Å². The molecule has 3 aliphatic rings. The summed E-state index contributed by atoms with van der Waals surface area (Å²) in [7, 11) is 1.89. The maximum atomic E-state index is 5.94. The van der Waals surface area contributed by atoms with E-state index >= 15 is 0 Å². The molecule has 1 N–H and O–H groups in total. The number of ether oxygens (including phenoxy) is 1. The molecule has 0 amide bonds. The normalized spacial score (nSPS) is 26.2. The summed E-state index contributed by atoms with van der Waals surface area (Å²) in [6.07, 6.45) is 17.7. The molecule has 31 heavy (non-hydrogen) atoms. The Kier molecular flexibility index (Phi) is 7.60. The Morgan fingerprint density at radius 3 is 2.19 bits per heavy atom. The highest BCUT2D eigenvalue weighted by atomic mass is 16.5. The van der Waals surface area contributed by atoms with E-state index < -0.39 is 0 Å². The number of hydrogen-bond acceptors (Lipinski definition) is 2. The van der Waals surface area contributed by atoms with E-state index in [1.807, 2.05) is 7.11 Å². The Balaban J connectivity index is 1.79. The highest BCUT2D eigenvalue weighted by Gasteiger charge is 2.43. The third kappa shape index (κ3) is 4.96. The van der Waals surface area contributed by atoms with Gasteiger partial charge in [0.1, 0.15) is 0 Å². The summed E-state index contributed by atoms with van der Waals surface area (Å²) in [6.45, 7) is 7.65. The Bertz CT molecular complexity index is 754. The second kappa shape index (κ2) is 10.2. The summed E-state index contributed by atoms with van der Waals surface area (Å²) in [5.74, 6) is 1.49. The number of allylic oxidation sites excluding steroid dienone is 1. The zero-order chi connectivity index (χ0) is 21.8. The van der Waals surface area contributed by atoms with Crippen molar-refractivity contribution in [2.24, 2.45) is 5.92 Å². The number of benzene rings is 1. The van der Waals surface area contributed by atoms with Crippen molar-refractivity contribution in [3.05, 3.63) is 41.0 Å². The molecular weight excluding hydrogens is 378 g/mol. The van der Waals surface area contributed by atoms with Crippen molar-refractivity contribution in [3.63, 3.8) is 0 Å². The molecule has 0 radical (unpaired) electrons.